The predicted molar refractivity (Wildman–Crippen MR) is 62.1 cm³/mol. The Balaban J connectivity index is 3.06. The largest absolute Gasteiger partial charge is 0.408 e. The van der Waals surface area contributed by atoms with Gasteiger partial charge in [0.1, 0.15) is 11.9 Å². The third-order valence-electron chi connectivity index (χ3n) is 2.75. The molecule has 0 aromatic heterocycles. The molecular weight excluding hydrogens is 266 g/mol. The number of rotatable bonds is 4. The third-order valence-corrected chi connectivity index (χ3v) is 2.75. The Bertz CT molecular complexity index is 446. The van der Waals surface area contributed by atoms with E-state index >= 15 is 0 Å². The lowest BCUT2D eigenvalue weighted by molar-refractivity contribution is -0.142. The van der Waals surface area contributed by atoms with Crippen LogP contribution < -0.4 is 5.32 Å². The highest BCUT2D eigenvalue weighted by Gasteiger charge is 2.38. The predicted octanol–water partition coefficient (Wildman–Crippen LogP) is 2.87. The molecule has 0 radical (unpaired) electrons. The van der Waals surface area contributed by atoms with E-state index in [1.54, 1.807) is 0 Å². The van der Waals surface area contributed by atoms with E-state index in [2.05, 4.69) is 5.32 Å². The van der Waals surface area contributed by atoms with Gasteiger partial charge >= 0.3 is 6.18 Å². The normalized spacial score (nSPS) is 13.7. The minimum absolute atomic E-state index is 0.0222. The molecular formula is C12H15F4NO2. The highest BCUT2D eigenvalue weighted by Crippen LogP contribution is 2.29. The lowest BCUT2D eigenvalue weighted by Crippen LogP contribution is -2.35. The molecule has 1 atom stereocenters. The minimum atomic E-state index is -4.44. The van der Waals surface area contributed by atoms with Crippen molar-refractivity contribution in [3.05, 3.63) is 29.1 Å². The van der Waals surface area contributed by atoms with Crippen LogP contribution in [-0.4, -0.2) is 22.4 Å². The van der Waals surface area contributed by atoms with E-state index in [9.17, 15) is 17.6 Å². The van der Waals surface area contributed by atoms with Crippen LogP contribution in [0.3, 0.4) is 0 Å². The van der Waals surface area contributed by atoms with Gasteiger partial charge in [0.25, 0.3) is 0 Å². The maximum atomic E-state index is 13.5. The van der Waals surface area contributed by atoms with Gasteiger partial charge in [0.15, 0.2) is 6.29 Å². The van der Waals surface area contributed by atoms with E-state index in [0.29, 0.717) is 5.56 Å². The van der Waals surface area contributed by atoms with Gasteiger partial charge in [0.05, 0.1) is 0 Å². The molecule has 1 aromatic rings. The number of hydrogen-bond donors (Lipinski definition) is 3. The monoisotopic (exact) mass is 281 g/mol. The lowest BCUT2D eigenvalue weighted by atomic mass is 10.1. The van der Waals surface area contributed by atoms with Gasteiger partial charge in [-0.15, -0.1) is 0 Å². The van der Waals surface area contributed by atoms with Crippen molar-refractivity contribution in [2.45, 2.75) is 38.8 Å². The molecule has 19 heavy (non-hydrogen) atoms. The van der Waals surface area contributed by atoms with Crippen molar-refractivity contribution in [1.29, 1.82) is 0 Å². The fraction of sp³-hybridized carbons (Fsp3) is 0.500. The molecule has 0 saturated carbocycles. The summed E-state index contributed by atoms with van der Waals surface area (Å²) < 4.78 is 51.3. The Hall–Kier alpha value is -1.34. The van der Waals surface area contributed by atoms with Crippen LogP contribution in [0.15, 0.2) is 12.1 Å². The molecule has 3 nitrogen and oxygen atoms in total. The van der Waals surface area contributed by atoms with Gasteiger partial charge in [0, 0.05) is 11.3 Å². The first-order valence-electron chi connectivity index (χ1n) is 5.66. The molecule has 0 fully saturated rings. The maximum Gasteiger partial charge on any atom is 0.408 e. The zero-order valence-electron chi connectivity index (χ0n) is 10.4. The highest BCUT2D eigenvalue weighted by molar-refractivity contribution is 5.53. The molecule has 108 valence electrons. The molecule has 0 aliphatic heterocycles. The van der Waals surface area contributed by atoms with E-state index in [-0.39, 0.29) is 17.7 Å². The van der Waals surface area contributed by atoms with E-state index in [4.69, 9.17) is 10.2 Å². The van der Waals surface area contributed by atoms with Crippen molar-refractivity contribution >= 4 is 5.69 Å². The van der Waals surface area contributed by atoms with Crippen LogP contribution in [0.2, 0.25) is 0 Å². The molecule has 0 spiro atoms. The number of benzene rings is 1. The van der Waals surface area contributed by atoms with Crippen LogP contribution >= 0.6 is 0 Å². The molecule has 0 unspecified atom stereocenters. The summed E-state index contributed by atoms with van der Waals surface area (Å²) in [7, 11) is 0. The molecule has 0 aliphatic rings. The summed E-state index contributed by atoms with van der Waals surface area (Å²) in [4.78, 5) is 0. The van der Waals surface area contributed by atoms with E-state index in [1.807, 2.05) is 0 Å². The van der Waals surface area contributed by atoms with Crippen LogP contribution in [0.25, 0.3) is 0 Å². The summed E-state index contributed by atoms with van der Waals surface area (Å²) in [6, 6.07) is 0.153. The fourth-order valence-corrected chi connectivity index (χ4v) is 1.66. The molecule has 0 aliphatic carbocycles. The van der Waals surface area contributed by atoms with Gasteiger partial charge in [-0.1, -0.05) is 6.92 Å². The number of hydrogen-bond acceptors (Lipinski definition) is 3. The van der Waals surface area contributed by atoms with Crippen LogP contribution in [0.5, 0.6) is 0 Å². The van der Waals surface area contributed by atoms with Crippen LogP contribution in [0.4, 0.5) is 23.2 Å². The summed E-state index contributed by atoms with van der Waals surface area (Å²) in [5.41, 5.74) is -0.0959. The molecule has 1 aromatic carbocycles. The number of nitrogens with one attached hydrogen (secondary N) is 1. The van der Waals surface area contributed by atoms with E-state index in [0.717, 1.165) is 12.1 Å². The summed E-state index contributed by atoms with van der Waals surface area (Å²) >= 11 is 0. The van der Waals surface area contributed by atoms with Crippen molar-refractivity contribution in [2.24, 2.45) is 0 Å². The van der Waals surface area contributed by atoms with E-state index in [1.165, 1.54) is 13.8 Å². The number of aliphatic hydroxyl groups is 2. The topological polar surface area (TPSA) is 52.5 Å². The van der Waals surface area contributed by atoms with Crippen LogP contribution in [0.1, 0.15) is 30.8 Å². The van der Waals surface area contributed by atoms with Gasteiger partial charge in [-0.2, -0.15) is 13.2 Å². The average Bonchev–Trinajstić information content (AvgIpc) is 2.27. The van der Waals surface area contributed by atoms with Gasteiger partial charge in [-0.05, 0) is 31.0 Å². The molecule has 0 amide bonds. The molecule has 0 saturated heterocycles. The number of aryl methyl sites for hydroxylation is 1. The molecule has 3 N–H and O–H groups in total. The van der Waals surface area contributed by atoms with Crippen molar-refractivity contribution in [1.82, 2.24) is 0 Å². The Kier molecular flexibility index (Phi) is 4.75. The Morgan fingerprint density at radius 1 is 1.26 bits per heavy atom. The smallest absolute Gasteiger partial charge is 0.374 e. The van der Waals surface area contributed by atoms with Gasteiger partial charge < -0.3 is 15.5 Å². The second-order valence-corrected chi connectivity index (χ2v) is 4.21. The van der Waals surface area contributed by atoms with E-state index < -0.39 is 24.3 Å². The summed E-state index contributed by atoms with van der Waals surface area (Å²) in [5, 5.41) is 20.0. The quantitative estimate of drug-likeness (QED) is 0.587. The van der Waals surface area contributed by atoms with Crippen LogP contribution in [0, 0.1) is 12.7 Å². The standard InChI is InChI=1S/C12H15F4NO2/c1-3-10(12(14,15)16)17-9-5-8(13)7(11(18)19)4-6(9)2/h4-5,10-11,17-19H,3H2,1-2H3/t10-/m1/s1. The fourth-order valence-electron chi connectivity index (χ4n) is 1.66. The molecule has 7 heteroatoms. The summed E-state index contributed by atoms with van der Waals surface area (Å²) in [6.07, 6.45) is -6.64. The third kappa shape index (κ3) is 3.81. The van der Waals surface area contributed by atoms with Crippen molar-refractivity contribution in [3.63, 3.8) is 0 Å². The van der Waals surface area contributed by atoms with Crippen molar-refractivity contribution in [3.8, 4) is 0 Å². The minimum Gasteiger partial charge on any atom is -0.374 e. The second kappa shape index (κ2) is 5.75. The maximum absolute atomic E-state index is 13.5. The van der Waals surface area contributed by atoms with Crippen molar-refractivity contribution < 1.29 is 27.8 Å². The van der Waals surface area contributed by atoms with Gasteiger partial charge in [-0.25, -0.2) is 4.39 Å². The molecule has 1 rings (SSSR count). The zero-order chi connectivity index (χ0) is 14.8. The highest BCUT2D eigenvalue weighted by atomic mass is 19.4. The first-order chi connectivity index (χ1) is 8.66. The second-order valence-electron chi connectivity index (χ2n) is 4.21. The summed E-state index contributed by atoms with van der Waals surface area (Å²) in [6.45, 7) is 2.82. The Labute approximate surface area is 107 Å². The van der Waals surface area contributed by atoms with Gasteiger partial charge in [-0.3, -0.25) is 0 Å². The average molecular weight is 281 g/mol. The number of halogens is 4. The Morgan fingerprint density at radius 2 is 1.84 bits per heavy atom. The zero-order valence-corrected chi connectivity index (χ0v) is 10.4. The molecule has 0 heterocycles. The first-order valence-corrected chi connectivity index (χ1v) is 5.66. The number of anilines is 1. The number of aliphatic hydroxyl groups excluding tert-OH is 1. The number of alkyl halides is 3. The van der Waals surface area contributed by atoms with Crippen molar-refractivity contribution in [2.75, 3.05) is 5.32 Å². The molecule has 0 bridgehead atoms. The van der Waals surface area contributed by atoms with Crippen LogP contribution in [-0.2, 0) is 0 Å². The first kappa shape index (κ1) is 15.7. The summed E-state index contributed by atoms with van der Waals surface area (Å²) in [5.74, 6) is -0.972. The van der Waals surface area contributed by atoms with Gasteiger partial charge in [0.2, 0.25) is 0 Å². The SMILES string of the molecule is CC[C@@H](Nc1cc(F)c(C(O)O)cc1C)C(F)(F)F. The lowest BCUT2D eigenvalue weighted by Gasteiger charge is -2.23. The Morgan fingerprint density at radius 3 is 2.26 bits per heavy atom.